The maximum atomic E-state index is 14.8. The average molecular weight is 634 g/mol. The van der Waals surface area contributed by atoms with Crippen LogP contribution in [0.2, 0.25) is 5.02 Å². The molecule has 5 aromatic rings. The third-order valence-electron chi connectivity index (χ3n) is 7.89. The minimum absolute atomic E-state index is 0.0396. The van der Waals surface area contributed by atoms with Crippen molar-refractivity contribution >= 4 is 50.0 Å². The molecule has 1 saturated heterocycles. The van der Waals surface area contributed by atoms with Crippen LogP contribution in [0.25, 0.3) is 44.4 Å². The summed E-state index contributed by atoms with van der Waals surface area (Å²) in [6.07, 6.45) is 1.44. The Morgan fingerprint density at radius 2 is 1.79 bits per heavy atom. The first-order chi connectivity index (χ1) is 20.6. The highest BCUT2D eigenvalue weighted by Gasteiger charge is 2.34. The zero-order valence-electron chi connectivity index (χ0n) is 22.9. The molecule has 0 unspecified atom stereocenters. The van der Waals surface area contributed by atoms with Crippen LogP contribution in [0, 0.1) is 23.1 Å². The summed E-state index contributed by atoms with van der Waals surface area (Å²) in [5.74, 6) is -1.24. The number of fused-ring (bicyclic) bond motifs is 1. The third-order valence-corrected chi connectivity index (χ3v) is 10.9. The molecule has 0 saturated carbocycles. The van der Waals surface area contributed by atoms with Gasteiger partial charge in [0.15, 0.2) is 0 Å². The Morgan fingerprint density at radius 3 is 2.49 bits per heavy atom. The molecule has 43 heavy (non-hydrogen) atoms. The van der Waals surface area contributed by atoms with Crippen molar-refractivity contribution in [1.29, 1.82) is 5.26 Å². The molecule has 2 aromatic heterocycles. The number of rotatable bonds is 6. The lowest BCUT2D eigenvalue weighted by atomic mass is 9.96. The molecule has 0 amide bonds. The number of aromatic carboxylic acids is 1. The first-order valence-electron chi connectivity index (χ1n) is 13.6. The molecule has 1 N–H and O–H groups in total. The molecule has 218 valence electrons. The Bertz CT molecular complexity index is 2050. The number of aromatic nitrogens is 1. The molecule has 0 aliphatic carbocycles. The molecule has 1 aliphatic rings. The van der Waals surface area contributed by atoms with Gasteiger partial charge in [0.05, 0.1) is 16.8 Å². The normalized spacial score (nSPS) is 14.7. The van der Waals surface area contributed by atoms with Gasteiger partial charge in [-0.2, -0.15) is 18.0 Å². The molecular weight excluding hydrogens is 609 g/mol. The number of piperidine rings is 1. The smallest absolute Gasteiger partial charge is 0.335 e. The molecule has 11 heteroatoms. The van der Waals surface area contributed by atoms with Crippen molar-refractivity contribution in [2.45, 2.75) is 19.8 Å². The lowest BCUT2D eigenvalue weighted by molar-refractivity contribution is 0.0697. The van der Waals surface area contributed by atoms with Gasteiger partial charge in [0, 0.05) is 45.8 Å². The zero-order chi connectivity index (χ0) is 30.5. The van der Waals surface area contributed by atoms with E-state index >= 15 is 0 Å². The molecule has 0 atom stereocenters. The highest BCUT2D eigenvalue weighted by Crippen LogP contribution is 2.46. The number of halogens is 2. The van der Waals surface area contributed by atoms with Crippen molar-refractivity contribution in [3.05, 3.63) is 93.4 Å². The van der Waals surface area contributed by atoms with E-state index in [-0.39, 0.29) is 10.6 Å². The molecule has 3 aromatic carbocycles. The SMILES string of the molecule is CC1CCN(S(=O)(=O)n2c(-c3cccc(-c4ccc(C(=O)O)cc4Cl)c3)c(-c3ccsc3C#N)c3cc(F)ccc32)CC1. The van der Waals surface area contributed by atoms with Gasteiger partial charge in [0.1, 0.15) is 16.8 Å². The number of benzene rings is 3. The van der Waals surface area contributed by atoms with Crippen LogP contribution in [-0.4, -0.2) is 40.9 Å². The second-order valence-electron chi connectivity index (χ2n) is 10.6. The lowest BCUT2D eigenvalue weighted by Crippen LogP contribution is -2.41. The van der Waals surface area contributed by atoms with E-state index in [1.807, 2.05) is 0 Å². The highest BCUT2D eigenvalue weighted by atomic mass is 35.5. The largest absolute Gasteiger partial charge is 0.478 e. The van der Waals surface area contributed by atoms with Crippen LogP contribution in [0.1, 0.15) is 35.0 Å². The van der Waals surface area contributed by atoms with Crippen LogP contribution in [0.4, 0.5) is 4.39 Å². The monoisotopic (exact) mass is 633 g/mol. The van der Waals surface area contributed by atoms with Crippen LogP contribution in [0.15, 0.2) is 72.1 Å². The Labute approximate surface area is 257 Å². The van der Waals surface area contributed by atoms with Crippen molar-refractivity contribution in [3.8, 4) is 39.6 Å². The van der Waals surface area contributed by atoms with Gasteiger partial charge < -0.3 is 5.11 Å². The fourth-order valence-corrected chi connectivity index (χ4v) is 8.37. The number of nitrogens with zero attached hydrogens (tertiary/aromatic N) is 3. The van der Waals surface area contributed by atoms with Gasteiger partial charge in [-0.15, -0.1) is 11.3 Å². The molecule has 6 rings (SSSR count). The van der Waals surface area contributed by atoms with E-state index in [9.17, 15) is 28.0 Å². The van der Waals surface area contributed by atoms with Crippen LogP contribution in [0.5, 0.6) is 0 Å². The van der Waals surface area contributed by atoms with Crippen LogP contribution in [-0.2, 0) is 10.2 Å². The van der Waals surface area contributed by atoms with E-state index in [0.29, 0.717) is 68.3 Å². The summed E-state index contributed by atoms with van der Waals surface area (Å²) in [6, 6.07) is 19.5. The van der Waals surface area contributed by atoms with E-state index in [1.165, 1.54) is 49.9 Å². The first kappa shape index (κ1) is 29.1. The fraction of sp³-hybridized carbons (Fsp3) is 0.188. The molecule has 1 fully saturated rings. The number of carboxylic acid groups (broad SMARTS) is 1. The number of thiophene rings is 1. The van der Waals surface area contributed by atoms with Gasteiger partial charge in [-0.3, -0.25) is 0 Å². The van der Waals surface area contributed by atoms with Crippen LogP contribution < -0.4 is 0 Å². The quantitative estimate of drug-likeness (QED) is 0.205. The topological polar surface area (TPSA) is 103 Å². The summed E-state index contributed by atoms with van der Waals surface area (Å²) in [4.78, 5) is 11.8. The van der Waals surface area contributed by atoms with E-state index < -0.39 is 22.0 Å². The van der Waals surface area contributed by atoms with Crippen molar-refractivity contribution in [1.82, 2.24) is 8.28 Å². The van der Waals surface area contributed by atoms with Crippen molar-refractivity contribution in [2.24, 2.45) is 5.92 Å². The van der Waals surface area contributed by atoms with Crippen molar-refractivity contribution < 1.29 is 22.7 Å². The number of hydrogen-bond donors (Lipinski definition) is 1. The maximum absolute atomic E-state index is 14.8. The molecule has 1 aliphatic heterocycles. The van der Waals surface area contributed by atoms with Crippen LogP contribution in [0.3, 0.4) is 0 Å². The second-order valence-corrected chi connectivity index (χ2v) is 13.7. The number of nitriles is 1. The average Bonchev–Trinajstić information content (AvgIpc) is 3.59. The zero-order valence-corrected chi connectivity index (χ0v) is 25.3. The summed E-state index contributed by atoms with van der Waals surface area (Å²) in [5, 5.41) is 21.6. The number of hydrogen-bond acceptors (Lipinski definition) is 5. The molecule has 0 bridgehead atoms. The Hall–Kier alpha value is -4.01. The van der Waals surface area contributed by atoms with E-state index in [4.69, 9.17) is 11.6 Å². The van der Waals surface area contributed by atoms with E-state index in [2.05, 4.69) is 13.0 Å². The highest BCUT2D eigenvalue weighted by molar-refractivity contribution is 7.87. The number of carbonyl (C=O) groups is 1. The lowest BCUT2D eigenvalue weighted by Gasteiger charge is -2.30. The summed E-state index contributed by atoms with van der Waals surface area (Å²) < 4.78 is 46.5. The minimum Gasteiger partial charge on any atom is -0.478 e. The van der Waals surface area contributed by atoms with Crippen LogP contribution >= 0.6 is 22.9 Å². The van der Waals surface area contributed by atoms with Gasteiger partial charge in [0.25, 0.3) is 0 Å². The molecular formula is C32H25ClFN3O4S2. The third kappa shape index (κ3) is 5.12. The van der Waals surface area contributed by atoms with Crippen molar-refractivity contribution in [2.75, 3.05) is 13.1 Å². The molecule has 0 radical (unpaired) electrons. The van der Waals surface area contributed by atoms with Gasteiger partial charge in [-0.1, -0.05) is 42.8 Å². The Kier molecular flexibility index (Phi) is 7.60. The molecule has 3 heterocycles. The Balaban J connectivity index is 1.67. The van der Waals surface area contributed by atoms with E-state index in [0.717, 1.165) is 12.8 Å². The summed E-state index contributed by atoms with van der Waals surface area (Å²) in [6.45, 7) is 2.81. The van der Waals surface area contributed by atoms with Gasteiger partial charge in [-0.05, 0) is 72.2 Å². The summed E-state index contributed by atoms with van der Waals surface area (Å²) in [7, 11) is -4.14. The minimum atomic E-state index is -4.14. The predicted molar refractivity (Wildman–Crippen MR) is 167 cm³/mol. The predicted octanol–water partition coefficient (Wildman–Crippen LogP) is 7.89. The second kappa shape index (κ2) is 11.2. The number of carboxylic acids is 1. The van der Waals surface area contributed by atoms with Gasteiger partial charge in [-0.25, -0.2) is 13.2 Å². The molecule has 0 spiro atoms. The summed E-state index contributed by atoms with van der Waals surface area (Å²) in [5.41, 5.74) is 3.28. The Morgan fingerprint density at radius 1 is 1.05 bits per heavy atom. The maximum Gasteiger partial charge on any atom is 0.335 e. The first-order valence-corrected chi connectivity index (χ1v) is 16.2. The molecule has 7 nitrogen and oxygen atoms in total. The van der Waals surface area contributed by atoms with Gasteiger partial charge in [0.2, 0.25) is 0 Å². The van der Waals surface area contributed by atoms with Gasteiger partial charge >= 0.3 is 16.2 Å². The van der Waals surface area contributed by atoms with E-state index in [1.54, 1.807) is 41.8 Å². The standard InChI is InChI=1S/C32H25ClFN3O4S2/c1-19-9-12-36(13-10-19)43(40,41)37-28-8-6-23(34)17-26(28)30(25-11-14-42-29(25)18-35)31(37)21-4-2-3-20(15-21)24-7-5-22(32(38)39)16-27(24)33/h2-8,11,14-17,19H,9-10,12-13H2,1H3,(H,38,39). The fourth-order valence-electron chi connectivity index (χ4n) is 5.65. The van der Waals surface area contributed by atoms with Crippen molar-refractivity contribution in [3.63, 3.8) is 0 Å². The summed E-state index contributed by atoms with van der Waals surface area (Å²) >= 11 is 7.73.